The van der Waals surface area contributed by atoms with E-state index in [1.54, 1.807) is 0 Å². The molecule has 0 spiro atoms. The van der Waals surface area contributed by atoms with E-state index in [1.165, 1.54) is 25.3 Å². The van der Waals surface area contributed by atoms with Gasteiger partial charge in [0.2, 0.25) is 5.75 Å². The Hall–Kier alpha value is -1.38. The number of unbranched alkanes of at least 4 members (excludes halogenated alkanes) is 3. The number of hydrogen-bond acceptors (Lipinski definition) is 3. The molecule has 0 aliphatic rings. The van der Waals surface area contributed by atoms with Gasteiger partial charge < -0.3 is 14.9 Å². The smallest absolute Gasteiger partial charge is 0.200 e. The van der Waals surface area contributed by atoms with E-state index in [9.17, 15) is 10.2 Å². The second-order valence-electron chi connectivity index (χ2n) is 4.17. The molecule has 0 saturated heterocycles. The molecule has 0 saturated carbocycles. The lowest BCUT2D eigenvalue weighted by Crippen LogP contribution is -1.97. The van der Waals surface area contributed by atoms with Crippen LogP contribution >= 0.6 is 0 Å². The Morgan fingerprint density at radius 2 is 1.82 bits per heavy atom. The van der Waals surface area contributed by atoms with Crippen molar-refractivity contribution in [3.05, 3.63) is 17.7 Å². The zero-order valence-electron chi connectivity index (χ0n) is 10.7. The third-order valence-electron chi connectivity index (χ3n) is 2.78. The third kappa shape index (κ3) is 3.84. The van der Waals surface area contributed by atoms with Gasteiger partial charge in [-0.2, -0.15) is 0 Å². The number of hydrogen-bond donors (Lipinski definition) is 2. The number of rotatable bonds is 7. The van der Waals surface area contributed by atoms with E-state index in [-0.39, 0.29) is 11.5 Å². The van der Waals surface area contributed by atoms with Crippen molar-refractivity contribution in [3.63, 3.8) is 0 Å². The standard InChI is InChI=1S/C14H22O3/c1-3-5-6-7-8-11-9-10-12(15)13(16)14(11)17-4-2/h9-10,15-16H,3-8H2,1-2H3. The quantitative estimate of drug-likeness (QED) is 0.563. The molecule has 0 aromatic heterocycles. The van der Waals surface area contributed by atoms with Gasteiger partial charge >= 0.3 is 0 Å². The van der Waals surface area contributed by atoms with Gasteiger partial charge in [-0.15, -0.1) is 0 Å². The molecule has 3 heteroatoms. The Labute approximate surface area is 103 Å². The molecule has 0 amide bonds. The average Bonchev–Trinajstić information content (AvgIpc) is 2.33. The van der Waals surface area contributed by atoms with Crippen LogP contribution in [0.15, 0.2) is 12.1 Å². The summed E-state index contributed by atoms with van der Waals surface area (Å²) >= 11 is 0. The summed E-state index contributed by atoms with van der Waals surface area (Å²) < 4.78 is 5.40. The molecule has 1 aromatic rings. The SMILES string of the molecule is CCCCCCc1ccc(O)c(O)c1OCC. The van der Waals surface area contributed by atoms with Gasteiger partial charge in [0.05, 0.1) is 6.61 Å². The van der Waals surface area contributed by atoms with Crippen molar-refractivity contribution < 1.29 is 14.9 Å². The minimum absolute atomic E-state index is 0.120. The normalized spacial score (nSPS) is 10.5. The number of phenolic OH excluding ortho intramolecular Hbond substituents is 2. The summed E-state index contributed by atoms with van der Waals surface area (Å²) in [4.78, 5) is 0. The fraction of sp³-hybridized carbons (Fsp3) is 0.571. The average molecular weight is 238 g/mol. The zero-order valence-corrected chi connectivity index (χ0v) is 10.7. The number of aromatic hydroxyl groups is 2. The lowest BCUT2D eigenvalue weighted by molar-refractivity contribution is 0.305. The van der Waals surface area contributed by atoms with E-state index in [0.717, 1.165) is 18.4 Å². The maximum Gasteiger partial charge on any atom is 0.200 e. The fourth-order valence-electron chi connectivity index (χ4n) is 1.85. The maximum absolute atomic E-state index is 9.74. The van der Waals surface area contributed by atoms with Gasteiger partial charge in [0.25, 0.3) is 0 Å². The van der Waals surface area contributed by atoms with E-state index >= 15 is 0 Å². The lowest BCUT2D eigenvalue weighted by Gasteiger charge is -2.12. The van der Waals surface area contributed by atoms with Crippen LogP contribution in [0.5, 0.6) is 17.2 Å². The highest BCUT2D eigenvalue weighted by atomic mass is 16.5. The minimum atomic E-state index is -0.139. The van der Waals surface area contributed by atoms with Gasteiger partial charge in [-0.1, -0.05) is 32.3 Å². The highest BCUT2D eigenvalue weighted by Gasteiger charge is 2.12. The second kappa shape index (κ2) is 7.05. The highest BCUT2D eigenvalue weighted by Crippen LogP contribution is 2.38. The molecule has 0 unspecified atom stereocenters. The molecule has 3 nitrogen and oxygen atoms in total. The first-order valence-corrected chi connectivity index (χ1v) is 6.37. The molecule has 0 heterocycles. The van der Waals surface area contributed by atoms with Gasteiger partial charge in [-0.3, -0.25) is 0 Å². The summed E-state index contributed by atoms with van der Waals surface area (Å²) in [5.41, 5.74) is 0.971. The molecule has 1 rings (SSSR count). The van der Waals surface area contributed by atoms with E-state index in [0.29, 0.717) is 12.4 Å². The molecular weight excluding hydrogens is 216 g/mol. The summed E-state index contributed by atoms with van der Waals surface area (Å²) in [6.45, 7) is 4.53. The second-order valence-corrected chi connectivity index (χ2v) is 4.17. The molecule has 17 heavy (non-hydrogen) atoms. The van der Waals surface area contributed by atoms with Gasteiger partial charge in [0.1, 0.15) is 0 Å². The number of ether oxygens (including phenoxy) is 1. The number of benzene rings is 1. The van der Waals surface area contributed by atoms with Crippen LogP contribution < -0.4 is 4.74 Å². The van der Waals surface area contributed by atoms with Crippen molar-refractivity contribution in [2.75, 3.05) is 6.61 Å². The Morgan fingerprint density at radius 3 is 2.47 bits per heavy atom. The topological polar surface area (TPSA) is 49.7 Å². The van der Waals surface area contributed by atoms with Gasteiger partial charge in [-0.05, 0) is 31.4 Å². The van der Waals surface area contributed by atoms with Crippen molar-refractivity contribution >= 4 is 0 Å². The number of phenols is 2. The van der Waals surface area contributed by atoms with Crippen molar-refractivity contribution in [2.24, 2.45) is 0 Å². The lowest BCUT2D eigenvalue weighted by atomic mass is 10.0. The Balaban J connectivity index is 2.72. The van der Waals surface area contributed by atoms with E-state index < -0.39 is 0 Å². The molecule has 0 radical (unpaired) electrons. The molecule has 0 atom stereocenters. The largest absolute Gasteiger partial charge is 0.504 e. The van der Waals surface area contributed by atoms with Crippen LogP contribution in [0.3, 0.4) is 0 Å². The maximum atomic E-state index is 9.74. The fourth-order valence-corrected chi connectivity index (χ4v) is 1.85. The van der Waals surface area contributed by atoms with Crippen molar-refractivity contribution in [3.8, 4) is 17.2 Å². The first kappa shape index (κ1) is 13.7. The molecular formula is C14H22O3. The van der Waals surface area contributed by atoms with Gasteiger partial charge in [0, 0.05) is 0 Å². The first-order valence-electron chi connectivity index (χ1n) is 6.37. The van der Waals surface area contributed by atoms with Crippen molar-refractivity contribution in [2.45, 2.75) is 46.0 Å². The van der Waals surface area contributed by atoms with Crippen LogP contribution in [0.2, 0.25) is 0 Å². The third-order valence-corrected chi connectivity index (χ3v) is 2.78. The zero-order chi connectivity index (χ0) is 12.7. The van der Waals surface area contributed by atoms with E-state index in [2.05, 4.69) is 6.92 Å². The molecule has 0 fully saturated rings. The summed E-state index contributed by atoms with van der Waals surface area (Å²) in [6.07, 6.45) is 5.58. The summed E-state index contributed by atoms with van der Waals surface area (Å²) in [5.74, 6) is 0.176. The van der Waals surface area contributed by atoms with Crippen LogP contribution in [0.4, 0.5) is 0 Å². The Kier molecular flexibility index (Phi) is 5.67. The first-order chi connectivity index (χ1) is 8.20. The molecule has 1 aromatic carbocycles. The highest BCUT2D eigenvalue weighted by molar-refractivity contribution is 5.54. The van der Waals surface area contributed by atoms with Crippen LogP contribution in [-0.4, -0.2) is 16.8 Å². The Bertz CT molecular complexity index is 348. The summed E-state index contributed by atoms with van der Waals surface area (Å²) in [5, 5.41) is 19.2. The van der Waals surface area contributed by atoms with E-state index in [4.69, 9.17) is 4.74 Å². The van der Waals surface area contributed by atoms with Crippen LogP contribution in [0.1, 0.15) is 45.1 Å². The predicted octanol–water partition coefficient (Wildman–Crippen LogP) is 3.62. The summed E-state index contributed by atoms with van der Waals surface area (Å²) in [7, 11) is 0. The van der Waals surface area contributed by atoms with Crippen LogP contribution in [0, 0.1) is 0 Å². The van der Waals surface area contributed by atoms with Gasteiger partial charge in [-0.25, -0.2) is 0 Å². The van der Waals surface area contributed by atoms with Gasteiger partial charge in [0.15, 0.2) is 11.5 Å². The van der Waals surface area contributed by atoms with Crippen molar-refractivity contribution in [1.29, 1.82) is 0 Å². The van der Waals surface area contributed by atoms with E-state index in [1.807, 2.05) is 13.0 Å². The molecule has 0 aliphatic carbocycles. The van der Waals surface area contributed by atoms with Crippen molar-refractivity contribution in [1.82, 2.24) is 0 Å². The van der Waals surface area contributed by atoms with Crippen LogP contribution in [0.25, 0.3) is 0 Å². The summed E-state index contributed by atoms with van der Waals surface area (Å²) in [6, 6.07) is 3.35. The number of aryl methyl sites for hydroxylation is 1. The Morgan fingerprint density at radius 1 is 1.06 bits per heavy atom. The molecule has 96 valence electrons. The predicted molar refractivity (Wildman–Crippen MR) is 68.8 cm³/mol. The minimum Gasteiger partial charge on any atom is -0.504 e. The van der Waals surface area contributed by atoms with Crippen LogP contribution in [-0.2, 0) is 6.42 Å². The molecule has 0 aliphatic heterocycles. The molecule has 0 bridgehead atoms. The monoisotopic (exact) mass is 238 g/mol. The molecule has 2 N–H and O–H groups in total.